The summed E-state index contributed by atoms with van der Waals surface area (Å²) in [5.74, 6) is -2.82. The van der Waals surface area contributed by atoms with Crippen LogP contribution in [0.1, 0.15) is 63.6 Å². The molecule has 1 aliphatic rings. The number of halogens is 3. The molecule has 0 bridgehead atoms. The Labute approximate surface area is 359 Å². The highest BCUT2D eigenvalue weighted by atomic mass is 19.4. The number of ether oxygens (including phenoxy) is 2. The predicted octanol–water partition coefficient (Wildman–Crippen LogP) is 3.38. The number of rotatable bonds is 19. The number of carbonyl (C=O) groups excluding carboxylic acids is 4. The zero-order valence-corrected chi connectivity index (χ0v) is 33.7. The number of nitrogens with one attached hydrogen (secondary N) is 4. The lowest BCUT2D eigenvalue weighted by molar-refractivity contribution is -0.135. The number of hydrogen-bond acceptors (Lipinski definition) is 15. The molecule has 1 aliphatic heterocycles. The molecule has 2 unspecified atom stereocenters. The number of piperidine rings is 1. The Hall–Kier alpha value is -7.21. The summed E-state index contributed by atoms with van der Waals surface area (Å²) in [4.78, 5) is 70.4. The molecule has 23 heteroatoms. The number of imide groups is 1. The summed E-state index contributed by atoms with van der Waals surface area (Å²) in [6.45, 7) is 0.167. The second-order valence-electron chi connectivity index (χ2n) is 14.3. The first-order chi connectivity index (χ1) is 30.7. The Bertz CT molecular complexity index is 2690. The zero-order chi connectivity index (χ0) is 45.4. The van der Waals surface area contributed by atoms with Gasteiger partial charge in [-0.2, -0.15) is 18.3 Å². The van der Waals surface area contributed by atoms with Crippen LogP contribution in [0, 0.1) is 0 Å². The fourth-order valence-electron chi connectivity index (χ4n) is 6.71. The number of alkyl halides is 3. The van der Waals surface area contributed by atoms with Crippen molar-refractivity contribution in [1.82, 2.24) is 34.9 Å². The number of nitrogens with zero attached hydrogens (tertiary/aromatic N) is 5. The van der Waals surface area contributed by atoms with Crippen LogP contribution >= 0.6 is 0 Å². The Kier molecular flexibility index (Phi) is 13.9. The lowest BCUT2D eigenvalue weighted by Gasteiger charge is -2.21. The molecule has 6 aromatic rings. The van der Waals surface area contributed by atoms with E-state index in [0.29, 0.717) is 48.4 Å². The lowest BCUT2D eigenvalue weighted by Crippen LogP contribution is -2.43. The van der Waals surface area contributed by atoms with E-state index in [-0.39, 0.29) is 78.8 Å². The average molecular weight is 891 g/mol. The summed E-state index contributed by atoms with van der Waals surface area (Å²) < 4.78 is 62.6. The number of amides is 4. The standard InChI is InChI=1S/C41H41F3N10O10/c42-41(43,44)22-48-31-19-25(12-13-46-31)39-50-28(21-63-39)37(58)49-27-20-53(52-33(27)35(45)56)26-8-6-24(7-9-26)36(57)47-14-16-62-18-17-61-15-2-4-23-3-1-5-29-34(23)64-40(60)54(29)30-10-11-32(55)51-38(30)59/h1,3,5-9,12-13,19-21,30,35,56H,2,4,10-11,14-18,22,45H2,(H,46,48)(H,47,57)(H,49,58)(H,51,55,59). The van der Waals surface area contributed by atoms with E-state index in [0.717, 1.165) is 11.8 Å². The van der Waals surface area contributed by atoms with E-state index >= 15 is 0 Å². The number of aromatic nitrogens is 5. The van der Waals surface area contributed by atoms with Crippen molar-refractivity contribution in [2.24, 2.45) is 5.73 Å². The van der Waals surface area contributed by atoms with Gasteiger partial charge < -0.3 is 45.1 Å². The molecule has 1 fully saturated rings. The van der Waals surface area contributed by atoms with Gasteiger partial charge in [0.05, 0.1) is 42.9 Å². The topological polar surface area (TPSA) is 273 Å². The number of nitrogens with two attached hydrogens (primary N) is 1. The second kappa shape index (κ2) is 19.9. The van der Waals surface area contributed by atoms with Crippen molar-refractivity contribution in [3.8, 4) is 17.1 Å². The number of aryl methyl sites for hydroxylation is 1. The fraction of sp³-hybridized carbons (Fsp3) is 0.317. The normalized spacial score (nSPS) is 14.7. The van der Waals surface area contributed by atoms with Crippen molar-refractivity contribution in [2.45, 2.75) is 44.1 Å². The molecular weight excluding hydrogens is 850 g/mol. The first-order valence-corrected chi connectivity index (χ1v) is 19.8. The second-order valence-corrected chi connectivity index (χ2v) is 14.3. The number of aliphatic hydroxyl groups is 1. The number of benzene rings is 2. The van der Waals surface area contributed by atoms with Crippen molar-refractivity contribution >= 4 is 46.2 Å². The summed E-state index contributed by atoms with van der Waals surface area (Å²) >= 11 is 0. The molecule has 0 saturated carbocycles. The van der Waals surface area contributed by atoms with Gasteiger partial charge in [0.15, 0.2) is 11.3 Å². The molecule has 20 nitrogen and oxygen atoms in total. The van der Waals surface area contributed by atoms with E-state index in [1.165, 1.54) is 33.8 Å². The quantitative estimate of drug-likeness (QED) is 0.0387. The Morgan fingerprint density at radius 2 is 1.81 bits per heavy atom. The van der Waals surface area contributed by atoms with E-state index in [1.807, 2.05) is 6.07 Å². The Balaban J connectivity index is 0.823. The highest BCUT2D eigenvalue weighted by Gasteiger charge is 2.32. The van der Waals surface area contributed by atoms with Gasteiger partial charge in [-0.1, -0.05) is 12.1 Å². The number of anilines is 2. The van der Waals surface area contributed by atoms with Gasteiger partial charge in [-0.05, 0) is 67.3 Å². The molecule has 1 saturated heterocycles. The van der Waals surface area contributed by atoms with Gasteiger partial charge in [-0.3, -0.25) is 29.1 Å². The molecule has 4 aromatic heterocycles. The van der Waals surface area contributed by atoms with E-state index in [2.05, 4.69) is 36.3 Å². The van der Waals surface area contributed by atoms with Crippen molar-refractivity contribution in [3.63, 3.8) is 0 Å². The molecule has 2 aromatic carbocycles. The van der Waals surface area contributed by atoms with Gasteiger partial charge in [0.1, 0.15) is 36.6 Å². The van der Waals surface area contributed by atoms with Gasteiger partial charge in [0.2, 0.25) is 17.7 Å². The molecule has 64 heavy (non-hydrogen) atoms. The maximum Gasteiger partial charge on any atom is 0.420 e. The fourth-order valence-corrected chi connectivity index (χ4v) is 6.71. The molecule has 5 heterocycles. The van der Waals surface area contributed by atoms with E-state index < -0.39 is 42.6 Å². The third-order valence-electron chi connectivity index (χ3n) is 9.76. The Morgan fingerprint density at radius 3 is 2.56 bits per heavy atom. The number of hydrogen-bond donors (Lipinski definition) is 6. The summed E-state index contributed by atoms with van der Waals surface area (Å²) in [6, 6.07) is 13.5. The van der Waals surface area contributed by atoms with Gasteiger partial charge >= 0.3 is 11.9 Å². The van der Waals surface area contributed by atoms with Crippen LogP contribution in [0.2, 0.25) is 0 Å². The van der Waals surface area contributed by atoms with E-state index in [1.54, 1.807) is 36.4 Å². The molecule has 0 radical (unpaired) electrons. The smallest absolute Gasteiger partial charge is 0.420 e. The first kappa shape index (κ1) is 44.8. The van der Waals surface area contributed by atoms with Crippen LogP contribution in [0.15, 0.2) is 86.9 Å². The zero-order valence-electron chi connectivity index (χ0n) is 33.7. The Morgan fingerprint density at radius 1 is 1.03 bits per heavy atom. The van der Waals surface area contributed by atoms with Gasteiger partial charge in [-0.25, -0.2) is 19.4 Å². The maximum absolute atomic E-state index is 13.1. The van der Waals surface area contributed by atoms with Crippen molar-refractivity contribution in [1.29, 1.82) is 0 Å². The predicted molar refractivity (Wildman–Crippen MR) is 219 cm³/mol. The number of fused-ring (bicyclic) bond motifs is 1. The minimum atomic E-state index is -4.46. The minimum absolute atomic E-state index is 0.0461. The highest BCUT2D eigenvalue weighted by molar-refractivity contribution is 6.03. The molecule has 0 aliphatic carbocycles. The van der Waals surface area contributed by atoms with Gasteiger partial charge in [-0.15, -0.1) is 0 Å². The summed E-state index contributed by atoms with van der Waals surface area (Å²) in [5, 5.41) is 24.2. The first-order valence-electron chi connectivity index (χ1n) is 19.8. The number of oxazole rings is 2. The maximum atomic E-state index is 13.1. The molecule has 336 valence electrons. The molecule has 2 atom stereocenters. The van der Waals surface area contributed by atoms with E-state index in [4.69, 9.17) is 24.0 Å². The molecule has 7 rings (SSSR count). The van der Waals surface area contributed by atoms with Crippen LogP contribution in [0.5, 0.6) is 0 Å². The van der Waals surface area contributed by atoms with Crippen LogP contribution in [0.3, 0.4) is 0 Å². The molecule has 0 spiro atoms. The lowest BCUT2D eigenvalue weighted by atomic mass is 10.0. The van der Waals surface area contributed by atoms with Gasteiger partial charge in [0.25, 0.3) is 11.8 Å². The third-order valence-corrected chi connectivity index (χ3v) is 9.76. The van der Waals surface area contributed by atoms with Crippen LogP contribution < -0.4 is 32.8 Å². The van der Waals surface area contributed by atoms with Crippen molar-refractivity contribution < 1.29 is 55.8 Å². The summed E-state index contributed by atoms with van der Waals surface area (Å²) in [5.41, 5.74) is 8.23. The van der Waals surface area contributed by atoms with Crippen molar-refractivity contribution in [3.05, 3.63) is 106 Å². The number of pyridine rings is 1. The molecular formula is C41H41F3N10O10. The highest BCUT2D eigenvalue weighted by Crippen LogP contribution is 2.27. The average Bonchev–Trinajstić information content (AvgIpc) is 4.02. The van der Waals surface area contributed by atoms with Crippen LogP contribution in [-0.4, -0.2) is 98.7 Å². The summed E-state index contributed by atoms with van der Waals surface area (Å²) in [6.07, 6.45) is -0.817. The van der Waals surface area contributed by atoms with Crippen LogP contribution in [0.25, 0.3) is 28.2 Å². The van der Waals surface area contributed by atoms with Gasteiger partial charge in [0, 0.05) is 36.9 Å². The van der Waals surface area contributed by atoms with Crippen LogP contribution in [0.4, 0.5) is 24.7 Å². The van der Waals surface area contributed by atoms with Crippen molar-refractivity contribution in [2.75, 3.05) is 50.2 Å². The SMILES string of the molecule is NC(O)c1nn(-c2ccc(C(=O)NCCOCCOCCCc3cccc4c3oc(=O)n4C3CCC(=O)NC3=O)cc2)cc1NC(=O)c1coc(-c2ccnc(NCC(F)(F)F)c2)n1. The minimum Gasteiger partial charge on any atom is -0.444 e. The molecule has 7 N–H and O–H groups in total. The summed E-state index contributed by atoms with van der Waals surface area (Å²) in [7, 11) is 0. The molecule has 4 amide bonds. The van der Waals surface area contributed by atoms with E-state index in [9.17, 15) is 42.3 Å². The number of carbonyl (C=O) groups is 4. The number of para-hydroxylation sites is 1. The third kappa shape index (κ3) is 11.0. The number of aliphatic hydroxyl groups excluding tert-OH is 1. The monoisotopic (exact) mass is 890 g/mol. The largest absolute Gasteiger partial charge is 0.444 e. The van der Waals surface area contributed by atoms with Crippen LogP contribution in [-0.2, 0) is 25.5 Å².